The van der Waals surface area contributed by atoms with Crippen LogP contribution in [0.3, 0.4) is 0 Å². The minimum absolute atomic E-state index is 0.0482. The maximum absolute atomic E-state index is 13.2. The topological polar surface area (TPSA) is 71.3 Å². The number of aromatic nitrogens is 3. The fourth-order valence-corrected chi connectivity index (χ4v) is 4.22. The van der Waals surface area contributed by atoms with Gasteiger partial charge in [0.05, 0.1) is 15.8 Å². The molecule has 1 aromatic carbocycles. The van der Waals surface area contributed by atoms with Gasteiger partial charge in [-0.25, -0.2) is 9.67 Å². The van der Waals surface area contributed by atoms with Gasteiger partial charge in [0.25, 0.3) is 11.5 Å². The van der Waals surface area contributed by atoms with Crippen LogP contribution in [0.5, 0.6) is 0 Å². The summed E-state index contributed by atoms with van der Waals surface area (Å²) in [5.41, 5.74) is -0.921. The lowest BCUT2D eigenvalue weighted by molar-refractivity contribution is -0.136. The molecule has 0 N–H and O–H groups in total. The summed E-state index contributed by atoms with van der Waals surface area (Å²) in [6, 6.07) is 6.71. The van der Waals surface area contributed by atoms with Gasteiger partial charge in [-0.05, 0) is 18.2 Å². The molecule has 1 aliphatic heterocycles. The third kappa shape index (κ3) is 3.69. The number of piperazine rings is 1. The fourth-order valence-electron chi connectivity index (χ4n) is 3.18. The second-order valence-corrected chi connectivity index (χ2v) is 7.62. The van der Waals surface area contributed by atoms with E-state index in [1.54, 1.807) is 11.0 Å². The lowest BCUT2D eigenvalue weighted by atomic mass is 10.2. The number of nitrogens with zero attached hydrogens (tertiary/aromatic N) is 5. The zero-order chi connectivity index (χ0) is 20.8. The van der Waals surface area contributed by atoms with Gasteiger partial charge < -0.3 is 9.80 Å². The number of alkyl halides is 3. The van der Waals surface area contributed by atoms with E-state index < -0.39 is 11.7 Å². The number of rotatable bonds is 2. The molecule has 0 aliphatic carbocycles. The summed E-state index contributed by atoms with van der Waals surface area (Å²) in [6.45, 7) is 1.65. The van der Waals surface area contributed by atoms with Crippen LogP contribution in [0.4, 0.5) is 18.3 Å². The highest BCUT2D eigenvalue weighted by molar-refractivity contribution is 7.22. The third-order valence-electron chi connectivity index (χ3n) is 4.73. The fraction of sp³-hybridized carbons (Fsp3) is 0.333. The molecule has 0 atom stereocenters. The molecule has 3 heterocycles. The monoisotopic (exact) mass is 423 g/mol. The highest BCUT2D eigenvalue weighted by Crippen LogP contribution is 2.38. The minimum Gasteiger partial charge on any atom is -0.345 e. The summed E-state index contributed by atoms with van der Waals surface area (Å²) in [5, 5.41) is 4.47. The van der Waals surface area contributed by atoms with Gasteiger partial charge in [-0.1, -0.05) is 17.4 Å². The molecule has 4 rings (SSSR count). The number of anilines is 1. The van der Waals surface area contributed by atoms with Crippen LogP contribution in [0.1, 0.15) is 16.1 Å². The van der Waals surface area contributed by atoms with Crippen molar-refractivity contribution in [3.05, 3.63) is 51.9 Å². The summed E-state index contributed by atoms with van der Waals surface area (Å²) in [5.74, 6) is -0.288. The summed E-state index contributed by atoms with van der Waals surface area (Å²) in [6.07, 6.45) is -4.46. The van der Waals surface area contributed by atoms with E-state index in [-0.39, 0.29) is 22.7 Å². The maximum Gasteiger partial charge on any atom is 0.418 e. The molecule has 1 aliphatic rings. The van der Waals surface area contributed by atoms with Crippen molar-refractivity contribution in [2.24, 2.45) is 7.05 Å². The molecule has 0 spiro atoms. The van der Waals surface area contributed by atoms with E-state index in [0.717, 1.165) is 10.7 Å². The number of hydrogen-bond acceptors (Lipinski definition) is 6. The standard InChI is InChI=1S/C18H16F3N5O2S/c1-24-14(27)6-5-12(23-24)16(28)25-7-9-26(10-8-25)17-22-15-11(18(19,20)21)3-2-4-13(15)29-17/h2-6H,7-10H2,1H3. The van der Waals surface area contributed by atoms with E-state index in [1.807, 2.05) is 4.90 Å². The lowest BCUT2D eigenvalue weighted by Crippen LogP contribution is -2.49. The van der Waals surface area contributed by atoms with Crippen LogP contribution in [0.15, 0.2) is 35.1 Å². The largest absolute Gasteiger partial charge is 0.418 e. The van der Waals surface area contributed by atoms with Gasteiger partial charge in [0.1, 0.15) is 5.69 Å². The van der Waals surface area contributed by atoms with Crippen molar-refractivity contribution in [1.82, 2.24) is 19.7 Å². The van der Waals surface area contributed by atoms with Crippen molar-refractivity contribution in [2.45, 2.75) is 6.18 Å². The Morgan fingerprint density at radius 2 is 1.83 bits per heavy atom. The highest BCUT2D eigenvalue weighted by Gasteiger charge is 2.34. The molecule has 29 heavy (non-hydrogen) atoms. The van der Waals surface area contributed by atoms with Gasteiger partial charge in [0.2, 0.25) is 0 Å². The van der Waals surface area contributed by atoms with Gasteiger partial charge in [-0.3, -0.25) is 9.59 Å². The molecule has 1 saturated heterocycles. The minimum atomic E-state index is -4.46. The zero-order valence-corrected chi connectivity index (χ0v) is 16.1. The predicted molar refractivity (Wildman–Crippen MR) is 102 cm³/mol. The molecule has 0 bridgehead atoms. The zero-order valence-electron chi connectivity index (χ0n) is 15.3. The first-order chi connectivity index (χ1) is 13.7. The van der Waals surface area contributed by atoms with Crippen LogP contribution in [-0.2, 0) is 13.2 Å². The van der Waals surface area contributed by atoms with Crippen LogP contribution in [0.2, 0.25) is 0 Å². The second kappa shape index (κ2) is 7.14. The van der Waals surface area contributed by atoms with Crippen LogP contribution in [0, 0.1) is 0 Å². The SMILES string of the molecule is Cn1nc(C(=O)N2CCN(c3nc4c(C(F)(F)F)cccc4s3)CC2)ccc1=O. The number of hydrogen-bond donors (Lipinski definition) is 0. The third-order valence-corrected chi connectivity index (χ3v) is 5.81. The second-order valence-electron chi connectivity index (χ2n) is 6.61. The molecule has 11 heteroatoms. The first-order valence-corrected chi connectivity index (χ1v) is 9.61. The lowest BCUT2D eigenvalue weighted by Gasteiger charge is -2.34. The number of fused-ring (bicyclic) bond motifs is 1. The smallest absolute Gasteiger partial charge is 0.345 e. The number of thiazole rings is 1. The molecule has 0 unspecified atom stereocenters. The first-order valence-electron chi connectivity index (χ1n) is 8.79. The van der Waals surface area contributed by atoms with E-state index in [1.165, 1.54) is 36.6 Å². The molecule has 152 valence electrons. The summed E-state index contributed by atoms with van der Waals surface area (Å²) in [7, 11) is 1.47. The molecule has 1 fully saturated rings. The van der Waals surface area contributed by atoms with Gasteiger partial charge >= 0.3 is 6.18 Å². The Bertz CT molecular complexity index is 1130. The Morgan fingerprint density at radius 1 is 1.10 bits per heavy atom. The maximum atomic E-state index is 13.2. The molecule has 0 radical (unpaired) electrons. The number of carbonyl (C=O) groups is 1. The molecular formula is C18H16F3N5O2S. The Balaban J connectivity index is 1.50. The summed E-state index contributed by atoms with van der Waals surface area (Å²) >= 11 is 1.20. The quantitative estimate of drug-likeness (QED) is 0.633. The van der Waals surface area contributed by atoms with Crippen molar-refractivity contribution in [3.8, 4) is 0 Å². The molecule has 1 amide bonds. The number of benzene rings is 1. The Hall–Kier alpha value is -2.95. The van der Waals surface area contributed by atoms with Gasteiger partial charge in [-0.15, -0.1) is 0 Å². The average molecular weight is 423 g/mol. The number of halogens is 3. The van der Waals surface area contributed by atoms with E-state index in [2.05, 4.69) is 10.1 Å². The van der Waals surface area contributed by atoms with E-state index >= 15 is 0 Å². The van der Waals surface area contributed by atoms with Crippen LogP contribution < -0.4 is 10.5 Å². The van der Waals surface area contributed by atoms with Crippen LogP contribution in [-0.4, -0.2) is 51.8 Å². The highest BCUT2D eigenvalue weighted by atomic mass is 32.1. The van der Waals surface area contributed by atoms with Crippen molar-refractivity contribution in [2.75, 3.05) is 31.1 Å². The predicted octanol–water partition coefficient (Wildman–Crippen LogP) is 2.37. The first kappa shape index (κ1) is 19.4. The van der Waals surface area contributed by atoms with Crippen molar-refractivity contribution in [1.29, 1.82) is 0 Å². The molecule has 3 aromatic rings. The number of amides is 1. The average Bonchev–Trinajstić information content (AvgIpc) is 3.13. The Morgan fingerprint density at radius 3 is 2.48 bits per heavy atom. The van der Waals surface area contributed by atoms with Crippen molar-refractivity contribution in [3.63, 3.8) is 0 Å². The van der Waals surface area contributed by atoms with E-state index in [9.17, 15) is 22.8 Å². The van der Waals surface area contributed by atoms with Gasteiger partial charge in [0, 0.05) is 39.3 Å². The molecule has 7 nitrogen and oxygen atoms in total. The van der Waals surface area contributed by atoms with Gasteiger partial charge in [-0.2, -0.15) is 18.3 Å². The number of para-hydroxylation sites is 1. The number of aryl methyl sites for hydroxylation is 1. The van der Waals surface area contributed by atoms with Crippen LogP contribution in [0.25, 0.3) is 10.2 Å². The van der Waals surface area contributed by atoms with E-state index in [4.69, 9.17) is 0 Å². The van der Waals surface area contributed by atoms with Crippen LogP contribution >= 0.6 is 11.3 Å². The molecule has 0 saturated carbocycles. The Kier molecular flexibility index (Phi) is 4.77. The number of carbonyl (C=O) groups excluding carboxylic acids is 1. The summed E-state index contributed by atoms with van der Waals surface area (Å²) in [4.78, 5) is 31.7. The summed E-state index contributed by atoms with van der Waals surface area (Å²) < 4.78 is 41.2. The van der Waals surface area contributed by atoms with Crippen molar-refractivity contribution < 1.29 is 18.0 Å². The Labute approximate surface area is 167 Å². The van der Waals surface area contributed by atoms with E-state index in [0.29, 0.717) is 36.0 Å². The normalized spacial score (nSPS) is 15.2. The van der Waals surface area contributed by atoms with Gasteiger partial charge in [0.15, 0.2) is 5.13 Å². The van der Waals surface area contributed by atoms with Crippen molar-refractivity contribution >= 4 is 32.6 Å². The molecule has 2 aromatic heterocycles. The molecular weight excluding hydrogens is 407 g/mol.